The van der Waals surface area contributed by atoms with E-state index in [2.05, 4.69) is 11.4 Å². The van der Waals surface area contributed by atoms with Crippen LogP contribution < -0.4 is 5.32 Å². The lowest BCUT2D eigenvalue weighted by molar-refractivity contribution is 0.0782. The van der Waals surface area contributed by atoms with Crippen LogP contribution in [0.25, 0.3) is 0 Å². The molecular formula is C11H20ClNO. The van der Waals surface area contributed by atoms with Crippen LogP contribution in [-0.4, -0.2) is 26.3 Å². The molecule has 2 aliphatic rings. The van der Waals surface area contributed by atoms with Gasteiger partial charge in [0.15, 0.2) is 0 Å². The van der Waals surface area contributed by atoms with E-state index >= 15 is 0 Å². The van der Waals surface area contributed by atoms with Crippen molar-refractivity contribution >= 4 is 12.4 Å². The van der Waals surface area contributed by atoms with Crippen molar-refractivity contribution < 1.29 is 4.74 Å². The molecule has 2 rings (SSSR count). The lowest BCUT2D eigenvalue weighted by Crippen LogP contribution is -2.24. The molecule has 2 nitrogen and oxygen atoms in total. The van der Waals surface area contributed by atoms with Crippen LogP contribution in [0.3, 0.4) is 0 Å². The molecular weight excluding hydrogens is 198 g/mol. The Morgan fingerprint density at radius 1 is 1.14 bits per heavy atom. The van der Waals surface area contributed by atoms with Crippen molar-refractivity contribution in [1.82, 2.24) is 5.32 Å². The normalized spacial score (nSPS) is 24.1. The largest absolute Gasteiger partial charge is 0.381 e. The van der Waals surface area contributed by atoms with Crippen molar-refractivity contribution in [1.29, 1.82) is 0 Å². The quantitative estimate of drug-likeness (QED) is 0.680. The highest BCUT2D eigenvalue weighted by atomic mass is 35.5. The standard InChI is InChI=1S/C11H19NO.ClH/c1-5-12-6-2-10(1)9-11-3-7-13-8-4-11;/h9,11-12H,1-8H2;1H. The van der Waals surface area contributed by atoms with E-state index in [1.807, 2.05) is 0 Å². The Kier molecular flexibility index (Phi) is 5.53. The summed E-state index contributed by atoms with van der Waals surface area (Å²) in [6, 6.07) is 0. The SMILES string of the molecule is C(=C1CCNCC1)C1CCOCC1.Cl. The third kappa shape index (κ3) is 3.60. The minimum atomic E-state index is 0. The van der Waals surface area contributed by atoms with Gasteiger partial charge in [0.25, 0.3) is 0 Å². The molecule has 0 amide bonds. The molecule has 0 aromatic rings. The predicted molar refractivity (Wildman–Crippen MR) is 61.0 cm³/mol. The molecule has 0 radical (unpaired) electrons. The maximum absolute atomic E-state index is 5.35. The first-order chi connectivity index (χ1) is 6.45. The van der Waals surface area contributed by atoms with Gasteiger partial charge in [0.2, 0.25) is 0 Å². The van der Waals surface area contributed by atoms with Crippen molar-refractivity contribution in [3.05, 3.63) is 11.6 Å². The van der Waals surface area contributed by atoms with E-state index in [4.69, 9.17) is 4.74 Å². The minimum absolute atomic E-state index is 0. The lowest BCUT2D eigenvalue weighted by atomic mass is 9.94. The second kappa shape index (κ2) is 6.44. The summed E-state index contributed by atoms with van der Waals surface area (Å²) in [6.07, 6.45) is 7.51. The highest BCUT2D eigenvalue weighted by molar-refractivity contribution is 5.85. The van der Waals surface area contributed by atoms with Crippen LogP contribution in [0.15, 0.2) is 11.6 Å². The van der Waals surface area contributed by atoms with E-state index in [0.717, 1.165) is 19.1 Å². The van der Waals surface area contributed by atoms with Crippen LogP contribution in [0.4, 0.5) is 0 Å². The summed E-state index contributed by atoms with van der Waals surface area (Å²) in [7, 11) is 0. The second-order valence-corrected chi connectivity index (χ2v) is 4.02. The first-order valence-corrected chi connectivity index (χ1v) is 5.43. The maximum atomic E-state index is 5.35. The summed E-state index contributed by atoms with van der Waals surface area (Å²) < 4.78 is 5.35. The Morgan fingerprint density at radius 2 is 1.79 bits per heavy atom. The van der Waals surface area contributed by atoms with Crippen LogP contribution >= 0.6 is 12.4 Å². The van der Waals surface area contributed by atoms with E-state index in [9.17, 15) is 0 Å². The summed E-state index contributed by atoms with van der Waals surface area (Å²) in [4.78, 5) is 0. The number of halogens is 1. The molecule has 3 heteroatoms. The monoisotopic (exact) mass is 217 g/mol. The zero-order valence-electron chi connectivity index (χ0n) is 8.63. The third-order valence-electron chi connectivity index (χ3n) is 2.98. The number of rotatable bonds is 1. The van der Waals surface area contributed by atoms with Gasteiger partial charge in [-0.2, -0.15) is 0 Å². The minimum Gasteiger partial charge on any atom is -0.381 e. The Labute approximate surface area is 92.5 Å². The molecule has 14 heavy (non-hydrogen) atoms. The molecule has 0 bridgehead atoms. The molecule has 0 unspecified atom stereocenters. The van der Waals surface area contributed by atoms with E-state index in [0.29, 0.717) is 0 Å². The van der Waals surface area contributed by atoms with Crippen LogP contribution in [0.1, 0.15) is 25.7 Å². The Hall–Kier alpha value is -0.0500. The molecule has 2 aliphatic heterocycles. The molecule has 0 atom stereocenters. The van der Waals surface area contributed by atoms with Gasteiger partial charge in [-0.3, -0.25) is 0 Å². The zero-order chi connectivity index (χ0) is 8.93. The summed E-state index contributed by atoms with van der Waals surface area (Å²) in [5.41, 5.74) is 1.67. The highest BCUT2D eigenvalue weighted by Crippen LogP contribution is 2.21. The number of hydrogen-bond donors (Lipinski definition) is 1. The molecule has 1 N–H and O–H groups in total. The fraction of sp³-hybridized carbons (Fsp3) is 0.818. The van der Waals surface area contributed by atoms with Crippen LogP contribution in [-0.2, 0) is 4.74 Å². The van der Waals surface area contributed by atoms with Gasteiger partial charge in [-0.05, 0) is 44.7 Å². The summed E-state index contributed by atoms with van der Waals surface area (Å²) in [5.74, 6) is 0.807. The highest BCUT2D eigenvalue weighted by Gasteiger charge is 2.13. The van der Waals surface area contributed by atoms with Gasteiger partial charge in [0.1, 0.15) is 0 Å². The molecule has 0 aliphatic carbocycles. The molecule has 2 saturated heterocycles. The van der Waals surface area contributed by atoms with E-state index in [-0.39, 0.29) is 12.4 Å². The van der Waals surface area contributed by atoms with E-state index in [1.54, 1.807) is 5.57 Å². The van der Waals surface area contributed by atoms with Gasteiger partial charge in [-0.1, -0.05) is 11.6 Å². The molecule has 0 saturated carbocycles. The van der Waals surface area contributed by atoms with Crippen molar-refractivity contribution in [3.8, 4) is 0 Å². The first-order valence-electron chi connectivity index (χ1n) is 5.43. The first kappa shape index (κ1) is 12.0. The third-order valence-corrected chi connectivity index (χ3v) is 2.98. The Balaban J connectivity index is 0.000000980. The molecule has 0 aromatic carbocycles. The van der Waals surface area contributed by atoms with Crippen molar-refractivity contribution in [2.45, 2.75) is 25.7 Å². The average molecular weight is 218 g/mol. The molecule has 2 fully saturated rings. The van der Waals surface area contributed by atoms with E-state index in [1.165, 1.54) is 38.8 Å². The topological polar surface area (TPSA) is 21.3 Å². The number of allylic oxidation sites excluding steroid dienone is 1. The van der Waals surface area contributed by atoms with Crippen LogP contribution in [0.5, 0.6) is 0 Å². The molecule has 0 spiro atoms. The summed E-state index contributed by atoms with van der Waals surface area (Å²) >= 11 is 0. The van der Waals surface area contributed by atoms with Crippen LogP contribution in [0, 0.1) is 5.92 Å². The van der Waals surface area contributed by atoms with Gasteiger partial charge in [-0.25, -0.2) is 0 Å². The van der Waals surface area contributed by atoms with Gasteiger partial charge in [0, 0.05) is 13.2 Å². The Morgan fingerprint density at radius 3 is 2.43 bits per heavy atom. The number of piperidine rings is 1. The van der Waals surface area contributed by atoms with Crippen molar-refractivity contribution in [3.63, 3.8) is 0 Å². The van der Waals surface area contributed by atoms with Gasteiger partial charge in [-0.15, -0.1) is 12.4 Å². The molecule has 2 heterocycles. The lowest BCUT2D eigenvalue weighted by Gasteiger charge is -2.22. The second-order valence-electron chi connectivity index (χ2n) is 4.02. The fourth-order valence-corrected chi connectivity index (χ4v) is 2.13. The van der Waals surface area contributed by atoms with Crippen LogP contribution in [0.2, 0.25) is 0 Å². The Bertz CT molecular complexity index is 180. The van der Waals surface area contributed by atoms with Gasteiger partial charge in [0.05, 0.1) is 0 Å². The number of hydrogen-bond acceptors (Lipinski definition) is 2. The summed E-state index contributed by atoms with van der Waals surface area (Å²) in [5, 5.41) is 3.39. The number of ether oxygens (including phenoxy) is 1. The fourth-order valence-electron chi connectivity index (χ4n) is 2.13. The summed E-state index contributed by atoms with van der Waals surface area (Å²) in [6.45, 7) is 4.28. The van der Waals surface area contributed by atoms with Gasteiger partial charge >= 0.3 is 0 Å². The molecule has 0 aromatic heterocycles. The maximum Gasteiger partial charge on any atom is 0.0471 e. The number of nitrogens with one attached hydrogen (secondary N) is 1. The molecule has 82 valence electrons. The predicted octanol–water partition coefficient (Wildman–Crippen LogP) is 2.14. The zero-order valence-corrected chi connectivity index (χ0v) is 9.44. The van der Waals surface area contributed by atoms with E-state index < -0.39 is 0 Å². The average Bonchev–Trinajstić information content (AvgIpc) is 2.21. The van der Waals surface area contributed by atoms with Crippen molar-refractivity contribution in [2.24, 2.45) is 5.92 Å². The van der Waals surface area contributed by atoms with Gasteiger partial charge < -0.3 is 10.1 Å². The van der Waals surface area contributed by atoms with Crippen molar-refractivity contribution in [2.75, 3.05) is 26.3 Å². The smallest absolute Gasteiger partial charge is 0.0471 e.